The van der Waals surface area contributed by atoms with E-state index in [1.54, 1.807) is 12.2 Å². The van der Waals surface area contributed by atoms with Gasteiger partial charge in [0.05, 0.1) is 5.70 Å². The fourth-order valence-corrected chi connectivity index (χ4v) is 1.20. The summed E-state index contributed by atoms with van der Waals surface area (Å²) in [5.74, 6) is -0.265. The van der Waals surface area contributed by atoms with Crippen LogP contribution in [0.15, 0.2) is 33.7 Å². The van der Waals surface area contributed by atoms with Gasteiger partial charge in [0, 0.05) is 10.9 Å². The zero-order valence-electron chi connectivity index (χ0n) is 8.20. The molecule has 1 aliphatic rings. The lowest BCUT2D eigenvalue weighted by molar-refractivity contribution is 0.607. The molecule has 0 saturated heterocycles. The monoisotopic (exact) mass is 247 g/mol. The molecule has 0 saturated carbocycles. The summed E-state index contributed by atoms with van der Waals surface area (Å²) in [5.41, 5.74) is 6.62. The molecule has 0 fully saturated rings. The number of hydrogen-bond donors (Lipinski definition) is 1. The Morgan fingerprint density at radius 3 is 2.54 bits per heavy atom. The van der Waals surface area contributed by atoms with Gasteiger partial charge in [-0.2, -0.15) is 0 Å². The van der Waals surface area contributed by atoms with Crippen LogP contribution in [0, 0.1) is 0 Å². The molecule has 2 N–H and O–H groups in total. The molecule has 3 heteroatoms. The Balaban J connectivity index is 0.000000671. The second kappa shape index (κ2) is 5.97. The van der Waals surface area contributed by atoms with Crippen LogP contribution in [0.4, 0.5) is 4.39 Å². The summed E-state index contributed by atoms with van der Waals surface area (Å²) in [6, 6.07) is 0. The van der Waals surface area contributed by atoms with Gasteiger partial charge in [-0.1, -0.05) is 35.9 Å². The number of halogens is 2. The maximum absolute atomic E-state index is 12.8. The number of nitrogens with two attached hydrogens (primary N) is 1. The molecule has 0 bridgehead atoms. The summed E-state index contributed by atoms with van der Waals surface area (Å²) in [5, 5.41) is 0. The average Bonchev–Trinajstić information content (AvgIpc) is 2.24. The Bertz CT molecular complexity index is 264. The third kappa shape index (κ3) is 3.77. The molecular weight excluding hydrogens is 233 g/mol. The van der Waals surface area contributed by atoms with Crippen molar-refractivity contribution in [3.63, 3.8) is 0 Å². The molecular formula is C10H15BrFN. The summed E-state index contributed by atoms with van der Waals surface area (Å²) in [6.07, 6.45) is 3.69. The lowest BCUT2D eigenvalue weighted by atomic mass is 10.2. The van der Waals surface area contributed by atoms with Crippen molar-refractivity contribution in [3.05, 3.63) is 33.7 Å². The second-order valence-electron chi connectivity index (χ2n) is 2.44. The van der Waals surface area contributed by atoms with Crippen LogP contribution in [-0.2, 0) is 0 Å². The standard InChI is InChI=1S/C8H9BrFN.C2H6/c1-5-2-3-7(10)8(11)4-6(5)9;1-2/h2,4H,3,11H2,1H3;1-2H3. The Hall–Kier alpha value is -0.570. The van der Waals surface area contributed by atoms with Crippen molar-refractivity contribution >= 4 is 15.9 Å². The second-order valence-corrected chi connectivity index (χ2v) is 3.30. The van der Waals surface area contributed by atoms with Crippen molar-refractivity contribution < 1.29 is 4.39 Å². The lowest BCUT2D eigenvalue weighted by Crippen LogP contribution is -1.95. The molecule has 74 valence electrons. The minimum Gasteiger partial charge on any atom is -0.397 e. The molecule has 0 unspecified atom stereocenters. The van der Waals surface area contributed by atoms with Crippen molar-refractivity contribution in [3.8, 4) is 0 Å². The van der Waals surface area contributed by atoms with E-state index in [1.165, 1.54) is 0 Å². The van der Waals surface area contributed by atoms with Gasteiger partial charge in [0.1, 0.15) is 5.83 Å². The van der Waals surface area contributed by atoms with Gasteiger partial charge in [-0.05, 0) is 18.6 Å². The molecule has 0 radical (unpaired) electrons. The molecule has 0 aromatic carbocycles. The zero-order valence-corrected chi connectivity index (χ0v) is 9.78. The topological polar surface area (TPSA) is 26.0 Å². The maximum Gasteiger partial charge on any atom is 0.127 e. The van der Waals surface area contributed by atoms with Gasteiger partial charge in [-0.3, -0.25) is 0 Å². The van der Waals surface area contributed by atoms with E-state index < -0.39 is 0 Å². The van der Waals surface area contributed by atoms with Crippen molar-refractivity contribution in [2.45, 2.75) is 27.2 Å². The van der Waals surface area contributed by atoms with E-state index in [0.717, 1.165) is 10.1 Å². The van der Waals surface area contributed by atoms with Crippen LogP contribution in [0.1, 0.15) is 27.2 Å². The third-order valence-corrected chi connectivity index (χ3v) is 2.41. The third-order valence-electron chi connectivity index (χ3n) is 1.56. The highest BCUT2D eigenvalue weighted by Gasteiger charge is 2.05. The van der Waals surface area contributed by atoms with Gasteiger partial charge < -0.3 is 5.73 Å². The van der Waals surface area contributed by atoms with Crippen molar-refractivity contribution in [1.82, 2.24) is 0 Å². The summed E-state index contributed by atoms with van der Waals surface area (Å²) in [7, 11) is 0. The molecule has 1 rings (SSSR count). The molecule has 0 atom stereocenters. The van der Waals surface area contributed by atoms with E-state index in [4.69, 9.17) is 5.73 Å². The molecule has 1 aliphatic carbocycles. The molecule has 0 spiro atoms. The van der Waals surface area contributed by atoms with E-state index in [0.29, 0.717) is 6.42 Å². The molecule has 1 nitrogen and oxygen atoms in total. The summed E-state index contributed by atoms with van der Waals surface area (Å²) < 4.78 is 13.7. The van der Waals surface area contributed by atoms with Gasteiger partial charge in [0.2, 0.25) is 0 Å². The Morgan fingerprint density at radius 2 is 2.00 bits per heavy atom. The largest absolute Gasteiger partial charge is 0.397 e. The minimum atomic E-state index is -0.265. The molecule has 13 heavy (non-hydrogen) atoms. The van der Waals surface area contributed by atoms with Crippen LogP contribution >= 0.6 is 15.9 Å². The lowest BCUT2D eigenvalue weighted by Gasteiger charge is -1.94. The normalized spacial score (nSPS) is 16.7. The number of rotatable bonds is 0. The average molecular weight is 248 g/mol. The van der Waals surface area contributed by atoms with Crippen LogP contribution in [-0.4, -0.2) is 0 Å². The highest BCUT2D eigenvalue weighted by molar-refractivity contribution is 9.12. The van der Waals surface area contributed by atoms with Crippen molar-refractivity contribution in [2.75, 3.05) is 0 Å². The van der Waals surface area contributed by atoms with Gasteiger partial charge >= 0.3 is 0 Å². The van der Waals surface area contributed by atoms with Crippen LogP contribution in [0.2, 0.25) is 0 Å². The van der Waals surface area contributed by atoms with Crippen LogP contribution in [0.5, 0.6) is 0 Å². The van der Waals surface area contributed by atoms with Crippen LogP contribution in [0.3, 0.4) is 0 Å². The minimum absolute atomic E-state index is 0.213. The van der Waals surface area contributed by atoms with E-state index >= 15 is 0 Å². The van der Waals surface area contributed by atoms with E-state index in [2.05, 4.69) is 15.9 Å². The fourth-order valence-electron chi connectivity index (χ4n) is 0.787. The van der Waals surface area contributed by atoms with Gasteiger partial charge in [0.15, 0.2) is 0 Å². The van der Waals surface area contributed by atoms with Crippen LogP contribution < -0.4 is 5.73 Å². The first-order valence-corrected chi connectivity index (χ1v) is 5.09. The quantitative estimate of drug-likeness (QED) is 0.693. The van der Waals surface area contributed by atoms with Crippen LogP contribution in [0.25, 0.3) is 0 Å². The summed E-state index contributed by atoms with van der Waals surface area (Å²) in [6.45, 7) is 5.91. The van der Waals surface area contributed by atoms with E-state index in [-0.39, 0.29) is 11.5 Å². The number of allylic oxidation sites excluding steroid dienone is 5. The number of hydrogen-bond acceptors (Lipinski definition) is 1. The SMILES string of the molecule is CC.CC1=CCC(F)=C(N)C=C1Br. The predicted molar refractivity (Wildman–Crippen MR) is 59.1 cm³/mol. The first-order chi connectivity index (χ1) is 6.11. The highest BCUT2D eigenvalue weighted by Crippen LogP contribution is 2.24. The smallest absolute Gasteiger partial charge is 0.127 e. The molecule has 0 aromatic rings. The summed E-state index contributed by atoms with van der Waals surface area (Å²) >= 11 is 3.28. The molecule has 0 aromatic heterocycles. The van der Waals surface area contributed by atoms with Crippen molar-refractivity contribution in [1.29, 1.82) is 0 Å². The Kier molecular flexibility index (Phi) is 5.71. The highest BCUT2D eigenvalue weighted by atomic mass is 79.9. The van der Waals surface area contributed by atoms with E-state index in [1.807, 2.05) is 20.8 Å². The Labute approximate surface area is 87.3 Å². The van der Waals surface area contributed by atoms with E-state index in [9.17, 15) is 4.39 Å². The Morgan fingerprint density at radius 1 is 1.46 bits per heavy atom. The predicted octanol–water partition coefficient (Wildman–Crippen LogP) is 3.78. The van der Waals surface area contributed by atoms with Gasteiger partial charge in [-0.15, -0.1) is 0 Å². The summed E-state index contributed by atoms with van der Waals surface area (Å²) in [4.78, 5) is 0. The van der Waals surface area contributed by atoms with Gasteiger partial charge in [0.25, 0.3) is 0 Å². The first kappa shape index (κ1) is 12.4. The van der Waals surface area contributed by atoms with Gasteiger partial charge in [-0.25, -0.2) is 4.39 Å². The maximum atomic E-state index is 12.8. The molecule has 0 aliphatic heterocycles. The molecule has 0 heterocycles. The first-order valence-electron chi connectivity index (χ1n) is 4.29. The molecule has 0 amide bonds. The van der Waals surface area contributed by atoms with Crippen molar-refractivity contribution in [2.24, 2.45) is 5.73 Å². The zero-order chi connectivity index (χ0) is 10.4. The fraction of sp³-hybridized carbons (Fsp3) is 0.400.